The van der Waals surface area contributed by atoms with Crippen molar-refractivity contribution in [3.8, 4) is 0 Å². The van der Waals surface area contributed by atoms with Crippen molar-refractivity contribution in [2.24, 2.45) is 0 Å². The van der Waals surface area contributed by atoms with E-state index in [0.717, 1.165) is 16.4 Å². The Labute approximate surface area is 177 Å². The first-order valence-electron chi connectivity index (χ1n) is 9.07. The van der Waals surface area contributed by atoms with Crippen molar-refractivity contribution in [1.29, 1.82) is 0 Å². The van der Waals surface area contributed by atoms with Gasteiger partial charge in [-0.3, -0.25) is 15.0 Å². The monoisotopic (exact) mass is 470 g/mol. The van der Waals surface area contributed by atoms with Gasteiger partial charge < -0.3 is 5.32 Å². The van der Waals surface area contributed by atoms with Gasteiger partial charge in [-0.2, -0.15) is 17.5 Å². The van der Waals surface area contributed by atoms with E-state index in [1.165, 1.54) is 0 Å². The van der Waals surface area contributed by atoms with Crippen LogP contribution in [0.15, 0.2) is 23.1 Å². The molecule has 13 heteroatoms. The van der Waals surface area contributed by atoms with Crippen molar-refractivity contribution in [2.75, 3.05) is 32.7 Å². The summed E-state index contributed by atoms with van der Waals surface area (Å²) >= 11 is 5.55. The normalized spacial score (nSPS) is 17.4. The molecule has 1 saturated heterocycles. The molecule has 1 aliphatic heterocycles. The zero-order chi connectivity index (χ0) is 22.7. The largest absolute Gasteiger partial charge is 0.417 e. The third-order valence-electron chi connectivity index (χ3n) is 4.66. The molecule has 1 aromatic carbocycles. The van der Waals surface area contributed by atoms with Crippen LogP contribution in [0.1, 0.15) is 19.4 Å². The number of hydrogen-bond donors (Lipinski definition) is 2. The van der Waals surface area contributed by atoms with Crippen LogP contribution in [0.25, 0.3) is 0 Å². The number of urea groups is 1. The lowest BCUT2D eigenvalue weighted by Crippen LogP contribution is -2.56. The smallest absolute Gasteiger partial charge is 0.338 e. The van der Waals surface area contributed by atoms with Crippen LogP contribution >= 0.6 is 11.6 Å². The van der Waals surface area contributed by atoms with Crippen molar-refractivity contribution in [3.63, 3.8) is 0 Å². The molecule has 1 aromatic rings. The highest BCUT2D eigenvalue weighted by atomic mass is 35.5. The summed E-state index contributed by atoms with van der Waals surface area (Å²) < 4.78 is 65.7. The number of rotatable bonds is 5. The highest BCUT2D eigenvalue weighted by Gasteiger charge is 2.37. The van der Waals surface area contributed by atoms with Gasteiger partial charge in [-0.1, -0.05) is 11.6 Å². The van der Waals surface area contributed by atoms with E-state index in [0.29, 0.717) is 12.6 Å². The van der Waals surface area contributed by atoms with E-state index in [-0.39, 0.29) is 26.2 Å². The van der Waals surface area contributed by atoms with Crippen LogP contribution in [0.3, 0.4) is 0 Å². The molecule has 1 atom stereocenters. The first kappa shape index (κ1) is 24.4. The van der Waals surface area contributed by atoms with E-state index in [9.17, 15) is 31.2 Å². The topological polar surface area (TPSA) is 98.8 Å². The minimum Gasteiger partial charge on any atom is -0.338 e. The SMILES string of the molecule is CCNC(=O)NC(=O)C(C)N1CCN(S(=O)(=O)c2ccc(Cl)c(C(F)(F)F)c2)CC1. The Hall–Kier alpha value is -1.89. The van der Waals surface area contributed by atoms with Crippen LogP contribution < -0.4 is 10.6 Å². The zero-order valence-electron chi connectivity index (χ0n) is 16.3. The van der Waals surface area contributed by atoms with Gasteiger partial charge in [-0.05, 0) is 32.0 Å². The molecule has 30 heavy (non-hydrogen) atoms. The fraction of sp³-hybridized carbons (Fsp3) is 0.529. The average Bonchev–Trinajstić information content (AvgIpc) is 2.66. The van der Waals surface area contributed by atoms with Gasteiger partial charge in [0.25, 0.3) is 0 Å². The lowest BCUT2D eigenvalue weighted by Gasteiger charge is -2.36. The zero-order valence-corrected chi connectivity index (χ0v) is 17.9. The first-order valence-corrected chi connectivity index (χ1v) is 10.9. The van der Waals surface area contributed by atoms with Crippen LogP contribution in [0.2, 0.25) is 5.02 Å². The fourth-order valence-corrected chi connectivity index (χ4v) is 4.62. The average molecular weight is 471 g/mol. The van der Waals surface area contributed by atoms with E-state index >= 15 is 0 Å². The molecule has 3 amide bonds. The number of amides is 3. The number of carbonyl (C=O) groups excluding carboxylic acids is 2. The van der Waals surface area contributed by atoms with Crippen LogP contribution in [-0.4, -0.2) is 68.3 Å². The van der Waals surface area contributed by atoms with Gasteiger partial charge in [-0.25, -0.2) is 13.2 Å². The Bertz CT molecular complexity index is 903. The van der Waals surface area contributed by atoms with Gasteiger partial charge in [0.15, 0.2) is 0 Å². The first-order chi connectivity index (χ1) is 13.9. The van der Waals surface area contributed by atoms with E-state index in [2.05, 4.69) is 10.6 Å². The number of benzene rings is 1. The molecule has 0 radical (unpaired) electrons. The van der Waals surface area contributed by atoms with E-state index in [1.807, 2.05) is 0 Å². The van der Waals surface area contributed by atoms with Gasteiger partial charge in [0.05, 0.1) is 21.5 Å². The predicted molar refractivity (Wildman–Crippen MR) is 103 cm³/mol. The molecule has 0 saturated carbocycles. The highest BCUT2D eigenvalue weighted by Crippen LogP contribution is 2.36. The van der Waals surface area contributed by atoms with Crippen molar-refractivity contribution in [3.05, 3.63) is 28.8 Å². The molecule has 168 valence electrons. The molecule has 8 nitrogen and oxygen atoms in total. The lowest BCUT2D eigenvalue weighted by molar-refractivity contribution is -0.137. The summed E-state index contributed by atoms with van der Waals surface area (Å²) in [6.45, 7) is 3.92. The Morgan fingerprint density at radius 1 is 1.20 bits per heavy atom. The van der Waals surface area contributed by atoms with Crippen molar-refractivity contribution < 1.29 is 31.2 Å². The summed E-state index contributed by atoms with van der Waals surface area (Å²) in [5, 5.41) is 4.04. The minimum absolute atomic E-state index is 0.0227. The molecular weight excluding hydrogens is 449 g/mol. The molecule has 2 N–H and O–H groups in total. The number of imide groups is 1. The molecule has 0 aliphatic carbocycles. The molecular formula is C17H22ClF3N4O4S. The van der Waals surface area contributed by atoms with Crippen molar-refractivity contribution in [2.45, 2.75) is 31.0 Å². The third-order valence-corrected chi connectivity index (χ3v) is 6.88. The van der Waals surface area contributed by atoms with Crippen LogP contribution in [0, 0.1) is 0 Å². The summed E-state index contributed by atoms with van der Waals surface area (Å²) in [6.07, 6.45) is -4.78. The van der Waals surface area contributed by atoms with E-state index in [4.69, 9.17) is 11.6 Å². The number of piperazine rings is 1. The summed E-state index contributed by atoms with van der Waals surface area (Å²) in [5.41, 5.74) is -1.22. The minimum atomic E-state index is -4.78. The summed E-state index contributed by atoms with van der Waals surface area (Å²) in [7, 11) is -4.17. The highest BCUT2D eigenvalue weighted by molar-refractivity contribution is 7.89. The maximum absolute atomic E-state index is 13.0. The van der Waals surface area contributed by atoms with Crippen LogP contribution in [0.5, 0.6) is 0 Å². The second-order valence-corrected chi connectivity index (χ2v) is 8.95. The number of sulfonamides is 1. The van der Waals surface area contributed by atoms with E-state index < -0.39 is 49.7 Å². The molecule has 1 aliphatic rings. The summed E-state index contributed by atoms with van der Waals surface area (Å²) in [4.78, 5) is 24.8. The van der Waals surface area contributed by atoms with Crippen molar-refractivity contribution in [1.82, 2.24) is 19.8 Å². The number of nitrogens with zero attached hydrogens (tertiary/aromatic N) is 2. The molecule has 0 aromatic heterocycles. The number of alkyl halides is 3. The Morgan fingerprint density at radius 2 is 1.80 bits per heavy atom. The van der Waals surface area contributed by atoms with Gasteiger partial charge in [0.1, 0.15) is 0 Å². The Kier molecular flexibility index (Phi) is 7.72. The number of hydrogen-bond acceptors (Lipinski definition) is 5. The number of halogens is 4. The quantitative estimate of drug-likeness (QED) is 0.685. The number of carbonyl (C=O) groups is 2. The standard InChI is InChI=1S/C17H22ClF3N4O4S/c1-3-22-16(27)23-15(26)11(2)24-6-8-25(9-7-24)30(28,29)12-4-5-14(18)13(10-12)17(19,20)21/h4-5,10-11H,3,6-9H2,1-2H3,(H2,22,23,26,27). The van der Waals surface area contributed by atoms with Crippen LogP contribution in [0.4, 0.5) is 18.0 Å². The molecule has 2 rings (SSSR count). The van der Waals surface area contributed by atoms with Gasteiger partial charge in [0, 0.05) is 32.7 Å². The van der Waals surface area contributed by atoms with Gasteiger partial charge in [-0.15, -0.1) is 0 Å². The van der Waals surface area contributed by atoms with Crippen LogP contribution in [-0.2, 0) is 21.0 Å². The van der Waals surface area contributed by atoms with E-state index in [1.54, 1.807) is 18.7 Å². The predicted octanol–water partition coefficient (Wildman–Crippen LogP) is 1.90. The third kappa shape index (κ3) is 5.62. The molecule has 1 unspecified atom stereocenters. The molecule has 0 spiro atoms. The lowest BCUT2D eigenvalue weighted by atomic mass is 10.2. The van der Waals surface area contributed by atoms with Gasteiger partial charge in [0.2, 0.25) is 15.9 Å². The molecule has 0 bridgehead atoms. The Morgan fingerprint density at radius 3 is 2.33 bits per heavy atom. The van der Waals surface area contributed by atoms with Crippen molar-refractivity contribution >= 4 is 33.6 Å². The van der Waals surface area contributed by atoms with Gasteiger partial charge >= 0.3 is 12.2 Å². The summed E-state index contributed by atoms with van der Waals surface area (Å²) in [5.74, 6) is -0.537. The second-order valence-electron chi connectivity index (χ2n) is 6.60. The second kappa shape index (κ2) is 9.50. The molecule has 1 heterocycles. The maximum atomic E-state index is 13.0. The Balaban J connectivity index is 2.07. The molecule has 1 fully saturated rings. The fourth-order valence-electron chi connectivity index (χ4n) is 2.95. The summed E-state index contributed by atoms with van der Waals surface area (Å²) in [6, 6.07) is 1.14. The number of nitrogens with one attached hydrogen (secondary N) is 2. The maximum Gasteiger partial charge on any atom is 0.417 e.